The maximum atomic E-state index is 13.3. The van der Waals surface area contributed by atoms with E-state index < -0.39 is 35.1 Å². The van der Waals surface area contributed by atoms with Gasteiger partial charge in [0.25, 0.3) is 0 Å². The topological polar surface area (TPSA) is 97.8 Å². The average Bonchev–Trinajstić information content (AvgIpc) is 3.57. The Balaban J connectivity index is 1.49. The van der Waals surface area contributed by atoms with Gasteiger partial charge in [-0.3, -0.25) is 14.8 Å². The third-order valence-electron chi connectivity index (χ3n) is 6.11. The lowest BCUT2D eigenvalue weighted by Crippen LogP contribution is -2.30. The molecule has 2 aromatic carbocycles. The Morgan fingerprint density at radius 3 is 2.54 bits per heavy atom. The lowest BCUT2D eigenvalue weighted by molar-refractivity contribution is -0.152. The van der Waals surface area contributed by atoms with Crippen LogP contribution in [0.25, 0.3) is 10.9 Å². The fourth-order valence-electron chi connectivity index (χ4n) is 4.24. The summed E-state index contributed by atoms with van der Waals surface area (Å²) < 4.78 is 50.7. The molecule has 3 aromatic rings. The molecule has 184 valence electrons. The number of pyridine rings is 1. The van der Waals surface area contributed by atoms with Gasteiger partial charge in [-0.05, 0) is 49.6 Å². The molecule has 1 aliphatic rings. The molecular weight excluding hydrogens is 465 g/mol. The maximum Gasteiger partial charge on any atom is 0.433 e. The van der Waals surface area contributed by atoms with Gasteiger partial charge in [0.15, 0.2) is 0 Å². The van der Waals surface area contributed by atoms with Crippen molar-refractivity contribution in [3.8, 4) is 5.75 Å². The van der Waals surface area contributed by atoms with E-state index in [-0.39, 0.29) is 31.6 Å². The number of ether oxygens (including phenoxy) is 2. The number of aromatic nitrogens is 1. The Kier molecular flexibility index (Phi) is 6.66. The molecule has 1 unspecified atom stereocenters. The van der Waals surface area contributed by atoms with Gasteiger partial charge in [-0.1, -0.05) is 30.3 Å². The fraction of sp³-hybridized carbons (Fsp3) is 0.320. The van der Waals surface area contributed by atoms with E-state index in [4.69, 9.17) is 14.7 Å². The first-order chi connectivity index (χ1) is 16.7. The fourth-order valence-corrected chi connectivity index (χ4v) is 4.24. The highest BCUT2D eigenvalue weighted by Gasteiger charge is 2.64. The van der Waals surface area contributed by atoms with Crippen molar-refractivity contribution >= 4 is 22.8 Å². The van der Waals surface area contributed by atoms with Gasteiger partial charge in [-0.25, -0.2) is 10.5 Å². The molecular formula is C25H23F3N2O5. The summed E-state index contributed by atoms with van der Waals surface area (Å²) in [5.41, 5.74) is 0.880. The molecule has 1 aromatic heterocycles. The van der Waals surface area contributed by atoms with Crippen LogP contribution in [-0.4, -0.2) is 28.7 Å². The zero-order chi connectivity index (χ0) is 25.2. The minimum Gasteiger partial charge on any atom is -0.489 e. The number of rotatable bonds is 8. The van der Waals surface area contributed by atoms with Crippen LogP contribution in [-0.2, 0) is 33.5 Å². The van der Waals surface area contributed by atoms with Gasteiger partial charge in [0.2, 0.25) is 5.91 Å². The van der Waals surface area contributed by atoms with E-state index in [0.717, 1.165) is 11.6 Å². The zero-order valence-electron chi connectivity index (χ0n) is 18.8. The molecule has 2 N–H and O–H groups in total. The molecule has 1 amide bonds. The van der Waals surface area contributed by atoms with Gasteiger partial charge in [0, 0.05) is 10.9 Å². The predicted molar refractivity (Wildman–Crippen MR) is 118 cm³/mol. The van der Waals surface area contributed by atoms with Gasteiger partial charge >= 0.3 is 12.1 Å². The number of carbonyl (C=O) groups excluding carboxylic acids is 2. The van der Waals surface area contributed by atoms with Crippen molar-refractivity contribution < 1.29 is 37.4 Å². The predicted octanol–water partition coefficient (Wildman–Crippen LogP) is 4.45. The second-order valence-corrected chi connectivity index (χ2v) is 8.40. The molecule has 10 heteroatoms. The summed E-state index contributed by atoms with van der Waals surface area (Å²) in [4.78, 5) is 28.1. The van der Waals surface area contributed by atoms with Gasteiger partial charge in [-0.15, -0.1) is 0 Å². The molecule has 0 bridgehead atoms. The summed E-state index contributed by atoms with van der Waals surface area (Å²) in [6.45, 7) is 1.74. The first-order valence-corrected chi connectivity index (χ1v) is 11.0. The number of benzene rings is 2. The molecule has 4 rings (SSSR count). The monoisotopic (exact) mass is 488 g/mol. The largest absolute Gasteiger partial charge is 0.489 e. The molecule has 0 saturated heterocycles. The molecule has 1 saturated carbocycles. The van der Waals surface area contributed by atoms with Crippen molar-refractivity contribution in [2.75, 3.05) is 6.61 Å². The Labute approximate surface area is 198 Å². The van der Waals surface area contributed by atoms with E-state index >= 15 is 0 Å². The van der Waals surface area contributed by atoms with E-state index in [0.29, 0.717) is 16.7 Å². The number of hydrogen-bond donors (Lipinski definition) is 2. The third kappa shape index (κ3) is 5.07. The van der Waals surface area contributed by atoms with E-state index in [9.17, 15) is 22.8 Å². The molecule has 1 fully saturated rings. The van der Waals surface area contributed by atoms with Crippen LogP contribution < -0.4 is 10.2 Å². The van der Waals surface area contributed by atoms with Crippen LogP contribution in [0.15, 0.2) is 54.6 Å². The lowest BCUT2D eigenvalue weighted by atomic mass is 9.93. The minimum absolute atomic E-state index is 0.100. The molecule has 0 radical (unpaired) electrons. The number of para-hydroxylation sites is 1. The zero-order valence-corrected chi connectivity index (χ0v) is 18.8. The summed E-state index contributed by atoms with van der Waals surface area (Å²) >= 11 is 0. The number of hydroxylamine groups is 1. The Hall–Kier alpha value is -3.66. The highest BCUT2D eigenvalue weighted by molar-refractivity contribution is 5.93. The number of alkyl halides is 3. The van der Waals surface area contributed by atoms with E-state index in [1.54, 1.807) is 54.9 Å². The van der Waals surface area contributed by atoms with Crippen molar-refractivity contribution in [1.29, 1.82) is 0 Å². The number of esters is 1. The standard InChI is InChI=1S/C25H23F3N2O5/c1-2-34-23(32)24(13-19(24)22(31)30-33)12-15-7-9-17(10-8-15)35-14-16-11-21(25(26,27)28)29-20-6-4-3-5-18(16)20/h3-11,19,33H,2,12-14H2,1H3,(H,30,31)/t19?,24-/m0/s1. The lowest BCUT2D eigenvalue weighted by Gasteiger charge is -2.16. The van der Waals surface area contributed by atoms with Crippen molar-refractivity contribution in [3.05, 3.63) is 71.4 Å². The minimum atomic E-state index is -4.58. The second-order valence-electron chi connectivity index (χ2n) is 8.40. The summed E-state index contributed by atoms with van der Waals surface area (Å²) in [7, 11) is 0. The Morgan fingerprint density at radius 1 is 1.17 bits per heavy atom. The normalized spacial score (nSPS) is 19.3. The molecule has 1 heterocycles. The molecule has 7 nitrogen and oxygen atoms in total. The van der Waals surface area contributed by atoms with Crippen LogP contribution in [0.1, 0.15) is 30.2 Å². The first-order valence-electron chi connectivity index (χ1n) is 11.0. The summed E-state index contributed by atoms with van der Waals surface area (Å²) in [6, 6.07) is 14.3. The van der Waals surface area contributed by atoms with Crippen LogP contribution in [0.3, 0.4) is 0 Å². The van der Waals surface area contributed by atoms with E-state index in [2.05, 4.69) is 4.98 Å². The van der Waals surface area contributed by atoms with Gasteiger partial charge in [0.05, 0.1) is 23.5 Å². The number of carbonyl (C=O) groups is 2. The molecule has 0 aliphatic heterocycles. The van der Waals surface area contributed by atoms with E-state index in [1.165, 1.54) is 6.07 Å². The number of amides is 1. The number of nitrogens with one attached hydrogen (secondary N) is 1. The Bertz CT molecular complexity index is 1250. The third-order valence-corrected chi connectivity index (χ3v) is 6.11. The van der Waals surface area contributed by atoms with Crippen LogP contribution >= 0.6 is 0 Å². The smallest absolute Gasteiger partial charge is 0.433 e. The number of nitrogens with zero attached hydrogens (tertiary/aromatic N) is 1. The Morgan fingerprint density at radius 2 is 1.89 bits per heavy atom. The van der Waals surface area contributed by atoms with Crippen LogP contribution in [0, 0.1) is 11.3 Å². The highest BCUT2D eigenvalue weighted by Crippen LogP contribution is 2.56. The van der Waals surface area contributed by atoms with Crippen LogP contribution in [0.5, 0.6) is 5.75 Å². The van der Waals surface area contributed by atoms with Crippen LogP contribution in [0.2, 0.25) is 0 Å². The number of fused-ring (bicyclic) bond motifs is 1. The van der Waals surface area contributed by atoms with Crippen molar-refractivity contribution in [3.63, 3.8) is 0 Å². The first kappa shape index (κ1) is 24.5. The maximum absolute atomic E-state index is 13.3. The van der Waals surface area contributed by atoms with E-state index in [1.807, 2.05) is 0 Å². The summed E-state index contributed by atoms with van der Waals surface area (Å²) in [6.07, 6.45) is -4.09. The summed E-state index contributed by atoms with van der Waals surface area (Å²) in [5, 5.41) is 9.50. The van der Waals surface area contributed by atoms with Gasteiger partial charge < -0.3 is 9.47 Å². The quantitative estimate of drug-likeness (QED) is 0.276. The molecule has 35 heavy (non-hydrogen) atoms. The van der Waals surface area contributed by atoms with Crippen molar-refractivity contribution in [2.45, 2.75) is 32.5 Å². The van der Waals surface area contributed by atoms with Gasteiger partial charge in [0.1, 0.15) is 18.1 Å². The van der Waals surface area contributed by atoms with Crippen LogP contribution in [0.4, 0.5) is 13.2 Å². The van der Waals surface area contributed by atoms with Gasteiger partial charge in [-0.2, -0.15) is 13.2 Å². The second kappa shape index (κ2) is 9.53. The highest BCUT2D eigenvalue weighted by atomic mass is 19.4. The average molecular weight is 488 g/mol. The molecule has 2 atom stereocenters. The van der Waals surface area contributed by atoms with Crippen molar-refractivity contribution in [1.82, 2.24) is 10.5 Å². The van der Waals surface area contributed by atoms with Crippen molar-refractivity contribution in [2.24, 2.45) is 11.3 Å². The SMILES string of the molecule is CCOC(=O)[C@@]1(Cc2ccc(OCc3cc(C(F)(F)F)nc4ccccc34)cc2)CC1C(=O)NO. The number of hydrogen-bond acceptors (Lipinski definition) is 6. The number of halogens is 3. The molecule has 0 spiro atoms. The molecule has 1 aliphatic carbocycles. The summed E-state index contributed by atoms with van der Waals surface area (Å²) in [5.74, 6) is -1.40.